The van der Waals surface area contributed by atoms with E-state index in [1.165, 1.54) is 30.3 Å². The Kier molecular flexibility index (Phi) is 8.43. The molecule has 5 rings (SSSR count). The highest BCUT2D eigenvalue weighted by Gasteiger charge is 2.46. The first-order valence-electron chi connectivity index (χ1n) is 14.4. The lowest BCUT2D eigenvalue weighted by Gasteiger charge is -2.47. The van der Waals surface area contributed by atoms with E-state index in [2.05, 4.69) is 42.5 Å². The van der Waals surface area contributed by atoms with Crippen molar-refractivity contribution in [3.05, 3.63) is 94.7 Å². The van der Waals surface area contributed by atoms with Gasteiger partial charge < -0.3 is 20.5 Å². The number of fused-ring (bicyclic) bond motifs is 1. The molecule has 1 saturated carbocycles. The van der Waals surface area contributed by atoms with Crippen molar-refractivity contribution in [2.45, 2.75) is 83.1 Å². The van der Waals surface area contributed by atoms with E-state index in [9.17, 15) is 18.7 Å². The molecule has 1 amide bonds. The number of halogens is 2. The Balaban J connectivity index is 1.35. The SMILES string of the molecule is CC(C)(C)Cc1cnc2c(c1)[C@@H](NC[C@@H](O)[C@H](Cc1ccc(F)cc1)NC(=O)c1ccccc1F)CC1(CCC1)O2. The Labute approximate surface area is 240 Å². The van der Waals surface area contributed by atoms with Gasteiger partial charge in [0.25, 0.3) is 5.91 Å². The van der Waals surface area contributed by atoms with E-state index >= 15 is 0 Å². The molecule has 1 spiro atoms. The number of hydrogen-bond acceptors (Lipinski definition) is 5. The lowest BCUT2D eigenvalue weighted by Crippen LogP contribution is -2.52. The standard InChI is InChI=1S/C33H39F2N3O3/c1-32(2,3)17-22-15-25-28(18-33(13-6-14-33)41-31(25)37-19-22)36-20-29(39)27(16-21-9-11-23(34)12-10-21)38-30(40)24-7-4-5-8-26(24)35/h4-5,7-12,15,19,27-29,36,39H,6,13-14,16-18,20H2,1-3H3,(H,38,40)/t27-,28-,29+/m0/s1. The molecule has 0 radical (unpaired) electrons. The van der Waals surface area contributed by atoms with E-state index < -0.39 is 23.9 Å². The van der Waals surface area contributed by atoms with Gasteiger partial charge in [0.2, 0.25) is 5.88 Å². The summed E-state index contributed by atoms with van der Waals surface area (Å²) >= 11 is 0. The highest BCUT2D eigenvalue weighted by atomic mass is 19.1. The van der Waals surface area contributed by atoms with E-state index in [-0.39, 0.29) is 41.4 Å². The minimum absolute atomic E-state index is 0.0881. The number of carbonyl (C=O) groups is 1. The Morgan fingerprint density at radius 3 is 2.51 bits per heavy atom. The molecule has 2 heterocycles. The van der Waals surface area contributed by atoms with E-state index in [1.54, 1.807) is 18.2 Å². The first-order chi connectivity index (χ1) is 19.5. The van der Waals surface area contributed by atoms with Crippen molar-refractivity contribution in [1.82, 2.24) is 15.6 Å². The predicted molar refractivity (Wildman–Crippen MR) is 154 cm³/mol. The number of aromatic nitrogens is 1. The number of aliphatic hydroxyl groups excluding tert-OH is 1. The molecule has 218 valence electrons. The molecule has 0 unspecified atom stereocenters. The molecule has 8 heteroatoms. The molecule has 0 saturated heterocycles. The summed E-state index contributed by atoms with van der Waals surface area (Å²) in [6, 6.07) is 13.0. The van der Waals surface area contributed by atoms with Gasteiger partial charge in [-0.15, -0.1) is 0 Å². The minimum atomic E-state index is -1.01. The number of carbonyl (C=O) groups excluding carboxylic acids is 1. The molecule has 1 aromatic heterocycles. The normalized spacial score (nSPS) is 19.0. The number of amides is 1. The molecule has 6 nitrogen and oxygen atoms in total. The first kappa shape index (κ1) is 29.1. The second kappa shape index (κ2) is 11.9. The Hall–Kier alpha value is -3.36. The van der Waals surface area contributed by atoms with Crippen molar-refractivity contribution < 1.29 is 23.4 Å². The average Bonchev–Trinajstić information content (AvgIpc) is 2.90. The second-order valence-corrected chi connectivity index (χ2v) is 12.7. The lowest BCUT2D eigenvalue weighted by atomic mass is 9.73. The van der Waals surface area contributed by atoms with Gasteiger partial charge in [-0.1, -0.05) is 45.0 Å². The van der Waals surface area contributed by atoms with Crippen LogP contribution >= 0.6 is 0 Å². The van der Waals surface area contributed by atoms with E-state index in [4.69, 9.17) is 4.74 Å². The summed E-state index contributed by atoms with van der Waals surface area (Å²) in [4.78, 5) is 17.7. The van der Waals surface area contributed by atoms with Crippen LogP contribution in [0.4, 0.5) is 8.78 Å². The van der Waals surface area contributed by atoms with Crippen LogP contribution in [-0.2, 0) is 12.8 Å². The fourth-order valence-electron chi connectivity index (χ4n) is 5.80. The number of hydrogen-bond donors (Lipinski definition) is 3. The number of nitrogens with one attached hydrogen (secondary N) is 2. The minimum Gasteiger partial charge on any atom is -0.471 e. The quantitative estimate of drug-likeness (QED) is 0.312. The molecule has 2 aliphatic rings. The first-order valence-corrected chi connectivity index (χ1v) is 14.4. The molecule has 1 aliphatic heterocycles. The molecule has 3 N–H and O–H groups in total. The third kappa shape index (κ3) is 7.11. The largest absolute Gasteiger partial charge is 0.471 e. The van der Waals surface area contributed by atoms with Crippen molar-refractivity contribution in [2.24, 2.45) is 5.41 Å². The van der Waals surface area contributed by atoms with Crippen LogP contribution in [-0.4, -0.2) is 40.3 Å². The van der Waals surface area contributed by atoms with Crippen LogP contribution in [0.25, 0.3) is 0 Å². The summed E-state index contributed by atoms with van der Waals surface area (Å²) in [6.07, 6.45) is 5.79. The number of nitrogens with zero attached hydrogens (tertiary/aromatic N) is 1. The Bertz CT molecular complexity index is 1370. The van der Waals surface area contributed by atoms with Crippen molar-refractivity contribution in [3.8, 4) is 5.88 Å². The highest BCUT2D eigenvalue weighted by Crippen LogP contribution is 2.48. The van der Waals surface area contributed by atoms with Crippen molar-refractivity contribution in [2.75, 3.05) is 6.54 Å². The zero-order valence-corrected chi connectivity index (χ0v) is 23.9. The smallest absolute Gasteiger partial charge is 0.254 e. The molecular weight excluding hydrogens is 524 g/mol. The van der Waals surface area contributed by atoms with Crippen LogP contribution in [0.15, 0.2) is 60.8 Å². The summed E-state index contributed by atoms with van der Waals surface area (Å²) in [6.45, 7) is 6.74. The molecule has 41 heavy (non-hydrogen) atoms. The fourth-order valence-corrected chi connectivity index (χ4v) is 5.80. The second-order valence-electron chi connectivity index (χ2n) is 12.7. The van der Waals surface area contributed by atoms with Crippen LogP contribution < -0.4 is 15.4 Å². The van der Waals surface area contributed by atoms with Gasteiger partial charge in [0.05, 0.1) is 17.7 Å². The molecular formula is C33H39F2N3O3. The summed E-state index contributed by atoms with van der Waals surface area (Å²) in [5.41, 5.74) is 2.60. The number of ether oxygens (including phenoxy) is 1. The summed E-state index contributed by atoms with van der Waals surface area (Å²) in [5.74, 6) is -0.988. The number of aliphatic hydroxyl groups is 1. The topological polar surface area (TPSA) is 83.5 Å². The monoisotopic (exact) mass is 563 g/mol. The Morgan fingerprint density at radius 1 is 1.12 bits per heavy atom. The fraction of sp³-hybridized carbons (Fsp3) is 0.455. The summed E-state index contributed by atoms with van der Waals surface area (Å²) in [5, 5.41) is 17.7. The maximum Gasteiger partial charge on any atom is 0.254 e. The number of rotatable bonds is 9. The van der Waals surface area contributed by atoms with Crippen LogP contribution in [0.3, 0.4) is 0 Å². The van der Waals surface area contributed by atoms with E-state index in [0.717, 1.165) is 48.8 Å². The van der Waals surface area contributed by atoms with Crippen molar-refractivity contribution in [1.29, 1.82) is 0 Å². The maximum absolute atomic E-state index is 14.3. The third-order valence-electron chi connectivity index (χ3n) is 8.04. The highest BCUT2D eigenvalue weighted by molar-refractivity contribution is 5.94. The molecule has 3 atom stereocenters. The molecule has 1 aliphatic carbocycles. The maximum atomic E-state index is 14.3. The zero-order chi connectivity index (χ0) is 29.2. The van der Waals surface area contributed by atoms with Gasteiger partial charge in [0.15, 0.2) is 0 Å². The van der Waals surface area contributed by atoms with E-state index in [0.29, 0.717) is 5.88 Å². The molecule has 1 fully saturated rings. The Morgan fingerprint density at radius 2 is 1.85 bits per heavy atom. The van der Waals surface area contributed by atoms with Gasteiger partial charge in [-0.05, 0) is 79.0 Å². The summed E-state index contributed by atoms with van der Waals surface area (Å²) < 4.78 is 34.3. The van der Waals surface area contributed by atoms with Gasteiger partial charge in [-0.25, -0.2) is 13.8 Å². The van der Waals surface area contributed by atoms with Crippen LogP contribution in [0.2, 0.25) is 0 Å². The average molecular weight is 564 g/mol. The van der Waals surface area contributed by atoms with Crippen LogP contribution in [0, 0.1) is 17.0 Å². The van der Waals surface area contributed by atoms with Gasteiger partial charge in [0.1, 0.15) is 17.2 Å². The zero-order valence-electron chi connectivity index (χ0n) is 23.9. The van der Waals surface area contributed by atoms with E-state index in [1.807, 2.05) is 6.20 Å². The van der Waals surface area contributed by atoms with Crippen molar-refractivity contribution >= 4 is 5.91 Å². The summed E-state index contributed by atoms with van der Waals surface area (Å²) in [7, 11) is 0. The lowest BCUT2D eigenvalue weighted by molar-refractivity contribution is -0.0421. The molecule has 2 aromatic carbocycles. The van der Waals surface area contributed by atoms with Crippen LogP contribution in [0.5, 0.6) is 5.88 Å². The van der Waals surface area contributed by atoms with Crippen LogP contribution in [0.1, 0.15) is 79.5 Å². The number of benzene rings is 2. The van der Waals surface area contributed by atoms with Gasteiger partial charge in [-0.2, -0.15) is 0 Å². The van der Waals surface area contributed by atoms with Gasteiger partial charge in [0, 0.05) is 30.8 Å². The van der Waals surface area contributed by atoms with Gasteiger partial charge in [-0.3, -0.25) is 4.79 Å². The number of pyridine rings is 1. The predicted octanol–water partition coefficient (Wildman–Crippen LogP) is 5.69. The van der Waals surface area contributed by atoms with Crippen molar-refractivity contribution in [3.63, 3.8) is 0 Å². The molecule has 0 bridgehead atoms. The van der Waals surface area contributed by atoms with Gasteiger partial charge >= 0.3 is 0 Å². The third-order valence-corrected chi connectivity index (χ3v) is 8.04. The molecule has 3 aromatic rings.